The summed E-state index contributed by atoms with van der Waals surface area (Å²) in [6.07, 6.45) is 0. The molecule has 0 spiro atoms. The summed E-state index contributed by atoms with van der Waals surface area (Å²) < 4.78 is 0. The Bertz CT molecular complexity index is 423. The minimum atomic E-state index is -0.158. The lowest BCUT2D eigenvalue weighted by Gasteiger charge is -2.23. The predicted octanol–water partition coefficient (Wildman–Crippen LogP) is 2.56. The fourth-order valence-electron chi connectivity index (χ4n) is 1.37. The van der Waals surface area contributed by atoms with Gasteiger partial charge in [-0.3, -0.25) is 4.90 Å². The molecule has 0 fully saturated rings. The Labute approximate surface area is 111 Å². The molecule has 0 heterocycles. The lowest BCUT2D eigenvalue weighted by molar-refractivity contribution is 0.279. The zero-order valence-electron chi connectivity index (χ0n) is 9.69. The van der Waals surface area contributed by atoms with E-state index in [0.29, 0.717) is 16.6 Å². The van der Waals surface area contributed by atoms with Crippen LogP contribution in [0.3, 0.4) is 0 Å². The number of amidine groups is 1. The molecule has 1 atom stereocenters. The molecular formula is C11H15Cl2N3O. The number of halogens is 2. The van der Waals surface area contributed by atoms with Crippen molar-refractivity contribution in [2.45, 2.75) is 19.5 Å². The van der Waals surface area contributed by atoms with Crippen LogP contribution in [0.4, 0.5) is 0 Å². The van der Waals surface area contributed by atoms with Crippen molar-refractivity contribution in [3.8, 4) is 0 Å². The Morgan fingerprint density at radius 2 is 2.12 bits per heavy atom. The minimum absolute atomic E-state index is 0.158. The van der Waals surface area contributed by atoms with Crippen LogP contribution in [0.1, 0.15) is 12.5 Å². The van der Waals surface area contributed by atoms with Gasteiger partial charge in [0.25, 0.3) is 0 Å². The Balaban J connectivity index is 2.74. The average molecular weight is 276 g/mol. The van der Waals surface area contributed by atoms with E-state index in [0.717, 1.165) is 5.56 Å². The van der Waals surface area contributed by atoms with E-state index >= 15 is 0 Å². The Morgan fingerprint density at radius 3 is 2.65 bits per heavy atom. The maximum absolute atomic E-state index is 8.60. The molecule has 0 saturated heterocycles. The SMILES string of the molecule is CC(C(N)=NO)N(C)Cc1ccc(Cl)c(Cl)c1. The first kappa shape index (κ1) is 14.1. The molecule has 0 saturated carbocycles. The molecule has 1 aromatic carbocycles. The summed E-state index contributed by atoms with van der Waals surface area (Å²) in [6, 6.07) is 5.29. The molecule has 6 heteroatoms. The van der Waals surface area contributed by atoms with Crippen molar-refractivity contribution in [1.82, 2.24) is 4.90 Å². The summed E-state index contributed by atoms with van der Waals surface area (Å²) in [7, 11) is 1.88. The van der Waals surface area contributed by atoms with Crippen LogP contribution < -0.4 is 5.73 Å². The monoisotopic (exact) mass is 275 g/mol. The summed E-state index contributed by atoms with van der Waals surface area (Å²) in [5.74, 6) is 0.174. The molecule has 0 aromatic heterocycles. The van der Waals surface area contributed by atoms with Gasteiger partial charge in [0.1, 0.15) is 0 Å². The van der Waals surface area contributed by atoms with Crippen molar-refractivity contribution in [3.05, 3.63) is 33.8 Å². The fourth-order valence-corrected chi connectivity index (χ4v) is 1.69. The second-order valence-corrected chi connectivity index (χ2v) is 4.68. The molecule has 3 N–H and O–H groups in total. The summed E-state index contributed by atoms with van der Waals surface area (Å²) in [5.41, 5.74) is 6.55. The van der Waals surface area contributed by atoms with E-state index in [4.69, 9.17) is 34.1 Å². The average Bonchev–Trinajstić information content (AvgIpc) is 2.31. The van der Waals surface area contributed by atoms with Crippen LogP contribution in [0, 0.1) is 0 Å². The molecule has 0 aliphatic rings. The summed E-state index contributed by atoms with van der Waals surface area (Å²) in [4.78, 5) is 1.94. The first-order valence-corrected chi connectivity index (χ1v) is 5.83. The van der Waals surface area contributed by atoms with E-state index in [-0.39, 0.29) is 11.9 Å². The molecule has 1 rings (SSSR count). The number of benzene rings is 1. The third-order valence-corrected chi connectivity index (χ3v) is 3.36. The lowest BCUT2D eigenvalue weighted by Crippen LogP contribution is -2.40. The molecule has 4 nitrogen and oxygen atoms in total. The first-order chi connectivity index (χ1) is 7.95. The number of hydrogen-bond donors (Lipinski definition) is 2. The Kier molecular flexibility index (Phi) is 5.05. The van der Waals surface area contributed by atoms with Gasteiger partial charge in [-0.2, -0.15) is 0 Å². The van der Waals surface area contributed by atoms with Gasteiger partial charge in [-0.15, -0.1) is 0 Å². The number of nitrogens with two attached hydrogens (primary N) is 1. The summed E-state index contributed by atoms with van der Waals surface area (Å²) >= 11 is 11.8. The fraction of sp³-hybridized carbons (Fsp3) is 0.364. The van der Waals surface area contributed by atoms with Gasteiger partial charge >= 0.3 is 0 Å². The summed E-state index contributed by atoms with van der Waals surface area (Å²) in [5, 5.41) is 12.6. The second-order valence-electron chi connectivity index (χ2n) is 3.86. The molecule has 94 valence electrons. The molecule has 0 aliphatic heterocycles. The van der Waals surface area contributed by atoms with Crippen LogP contribution in [-0.2, 0) is 6.54 Å². The molecule has 1 aromatic rings. The maximum atomic E-state index is 8.60. The third-order valence-electron chi connectivity index (χ3n) is 2.62. The smallest absolute Gasteiger partial charge is 0.156 e. The lowest BCUT2D eigenvalue weighted by atomic mass is 10.2. The zero-order valence-corrected chi connectivity index (χ0v) is 11.2. The molecule has 0 amide bonds. The number of oxime groups is 1. The van der Waals surface area contributed by atoms with Crippen molar-refractivity contribution in [1.29, 1.82) is 0 Å². The van der Waals surface area contributed by atoms with Crippen molar-refractivity contribution >= 4 is 29.0 Å². The predicted molar refractivity (Wildman–Crippen MR) is 70.8 cm³/mol. The highest BCUT2D eigenvalue weighted by molar-refractivity contribution is 6.42. The molecule has 17 heavy (non-hydrogen) atoms. The van der Waals surface area contributed by atoms with E-state index in [1.54, 1.807) is 12.1 Å². The summed E-state index contributed by atoms with van der Waals surface area (Å²) in [6.45, 7) is 2.49. The van der Waals surface area contributed by atoms with Crippen LogP contribution in [0.25, 0.3) is 0 Å². The van der Waals surface area contributed by atoms with Gasteiger partial charge in [0.15, 0.2) is 5.84 Å². The molecule has 0 bridgehead atoms. The molecule has 0 radical (unpaired) electrons. The standard InChI is InChI=1S/C11H15Cl2N3O/c1-7(11(14)15-17)16(2)6-8-3-4-9(12)10(13)5-8/h3-5,7,17H,6H2,1-2H3,(H2,14,15). The quantitative estimate of drug-likeness (QED) is 0.384. The molecular weight excluding hydrogens is 261 g/mol. The van der Waals surface area contributed by atoms with E-state index in [1.807, 2.05) is 24.9 Å². The maximum Gasteiger partial charge on any atom is 0.156 e. The van der Waals surface area contributed by atoms with Crippen molar-refractivity contribution in [3.63, 3.8) is 0 Å². The van der Waals surface area contributed by atoms with Gasteiger partial charge in [-0.1, -0.05) is 34.4 Å². The van der Waals surface area contributed by atoms with Gasteiger partial charge in [0.05, 0.1) is 16.1 Å². The normalized spacial score (nSPS) is 14.1. The highest BCUT2D eigenvalue weighted by Crippen LogP contribution is 2.23. The number of likely N-dealkylation sites (N-methyl/N-ethyl adjacent to an activating group) is 1. The van der Waals surface area contributed by atoms with Crippen molar-refractivity contribution in [2.75, 3.05) is 7.05 Å². The first-order valence-electron chi connectivity index (χ1n) is 5.07. The second kappa shape index (κ2) is 6.10. The van der Waals surface area contributed by atoms with Crippen LogP contribution in [0.5, 0.6) is 0 Å². The van der Waals surface area contributed by atoms with E-state index in [9.17, 15) is 0 Å². The van der Waals surface area contributed by atoms with E-state index in [2.05, 4.69) is 5.16 Å². The zero-order chi connectivity index (χ0) is 13.0. The van der Waals surface area contributed by atoms with Gasteiger partial charge in [0, 0.05) is 6.54 Å². The van der Waals surface area contributed by atoms with E-state index in [1.165, 1.54) is 0 Å². The Morgan fingerprint density at radius 1 is 1.47 bits per heavy atom. The van der Waals surface area contributed by atoms with Gasteiger partial charge in [-0.25, -0.2) is 0 Å². The van der Waals surface area contributed by atoms with Crippen LogP contribution in [-0.4, -0.2) is 29.0 Å². The number of rotatable bonds is 4. The number of hydrogen-bond acceptors (Lipinski definition) is 3. The van der Waals surface area contributed by atoms with Gasteiger partial charge in [0.2, 0.25) is 0 Å². The topological polar surface area (TPSA) is 61.9 Å². The van der Waals surface area contributed by atoms with Crippen LogP contribution >= 0.6 is 23.2 Å². The highest BCUT2D eigenvalue weighted by Gasteiger charge is 2.14. The molecule has 0 aliphatic carbocycles. The van der Waals surface area contributed by atoms with Crippen molar-refractivity contribution < 1.29 is 5.21 Å². The Hall–Kier alpha value is -0.970. The largest absolute Gasteiger partial charge is 0.409 e. The van der Waals surface area contributed by atoms with Gasteiger partial charge in [-0.05, 0) is 31.7 Å². The van der Waals surface area contributed by atoms with E-state index < -0.39 is 0 Å². The van der Waals surface area contributed by atoms with Gasteiger partial charge < -0.3 is 10.9 Å². The highest BCUT2D eigenvalue weighted by atomic mass is 35.5. The number of nitrogens with zero attached hydrogens (tertiary/aromatic N) is 2. The van der Waals surface area contributed by atoms with Crippen LogP contribution in [0.15, 0.2) is 23.4 Å². The van der Waals surface area contributed by atoms with Crippen LogP contribution in [0.2, 0.25) is 10.0 Å². The third kappa shape index (κ3) is 3.77. The molecule has 1 unspecified atom stereocenters. The van der Waals surface area contributed by atoms with Crippen molar-refractivity contribution in [2.24, 2.45) is 10.9 Å². The minimum Gasteiger partial charge on any atom is -0.409 e.